The normalized spacial score (nSPS) is 14.0. The van der Waals surface area contributed by atoms with Crippen molar-refractivity contribution in [1.82, 2.24) is 19.6 Å². The van der Waals surface area contributed by atoms with Gasteiger partial charge in [-0.25, -0.2) is 4.98 Å². The van der Waals surface area contributed by atoms with Gasteiger partial charge < -0.3 is 14.0 Å². The van der Waals surface area contributed by atoms with Crippen LogP contribution in [0.1, 0.15) is 40.0 Å². The minimum absolute atomic E-state index is 0.0347. The zero-order valence-corrected chi connectivity index (χ0v) is 12.9. The van der Waals surface area contributed by atoms with Crippen LogP contribution in [0.4, 0.5) is 0 Å². The molecule has 0 atom stereocenters. The standard InChI is InChI=1S/C15H18N4O3/c1-4-12-13(9(2)17-22-12)15(21)19-6-5-10-11(7-19)16-8-18(3)14(10)20/h8H,4-7H2,1-3H3. The van der Waals surface area contributed by atoms with Crippen molar-refractivity contribution in [3.05, 3.63) is 45.0 Å². The number of aryl methyl sites for hydroxylation is 3. The average Bonchev–Trinajstić information content (AvgIpc) is 2.90. The third-order valence-corrected chi connectivity index (χ3v) is 4.04. The van der Waals surface area contributed by atoms with Gasteiger partial charge in [-0.3, -0.25) is 9.59 Å². The molecule has 0 unspecified atom stereocenters. The third-order valence-electron chi connectivity index (χ3n) is 4.04. The van der Waals surface area contributed by atoms with Crippen molar-refractivity contribution in [1.29, 1.82) is 0 Å². The van der Waals surface area contributed by atoms with Crippen LogP contribution in [0.3, 0.4) is 0 Å². The summed E-state index contributed by atoms with van der Waals surface area (Å²) in [4.78, 5) is 30.8. The molecule has 0 fully saturated rings. The van der Waals surface area contributed by atoms with Crippen molar-refractivity contribution in [3.8, 4) is 0 Å². The van der Waals surface area contributed by atoms with Gasteiger partial charge in [-0.2, -0.15) is 0 Å². The smallest absolute Gasteiger partial charge is 0.259 e. The molecular weight excluding hydrogens is 284 g/mol. The van der Waals surface area contributed by atoms with Crippen LogP contribution in [0.25, 0.3) is 0 Å². The van der Waals surface area contributed by atoms with Gasteiger partial charge in [0.2, 0.25) is 0 Å². The highest BCUT2D eigenvalue weighted by atomic mass is 16.5. The Balaban J connectivity index is 1.92. The Morgan fingerprint density at radius 1 is 1.45 bits per heavy atom. The highest BCUT2D eigenvalue weighted by Gasteiger charge is 2.28. The molecule has 0 bridgehead atoms. The fraction of sp³-hybridized carbons (Fsp3) is 0.467. The molecule has 0 aliphatic carbocycles. The maximum absolute atomic E-state index is 12.7. The molecule has 0 spiro atoms. The van der Waals surface area contributed by atoms with Crippen molar-refractivity contribution in [2.24, 2.45) is 7.05 Å². The van der Waals surface area contributed by atoms with E-state index in [0.29, 0.717) is 54.2 Å². The molecule has 7 nitrogen and oxygen atoms in total. The third kappa shape index (κ3) is 2.22. The van der Waals surface area contributed by atoms with Gasteiger partial charge in [-0.1, -0.05) is 12.1 Å². The number of aromatic nitrogens is 3. The van der Waals surface area contributed by atoms with Crippen molar-refractivity contribution in [2.45, 2.75) is 33.2 Å². The van der Waals surface area contributed by atoms with Crippen molar-refractivity contribution in [3.63, 3.8) is 0 Å². The molecule has 116 valence electrons. The topological polar surface area (TPSA) is 81.2 Å². The molecule has 0 aromatic carbocycles. The monoisotopic (exact) mass is 302 g/mol. The number of nitrogens with zero attached hydrogens (tertiary/aromatic N) is 4. The molecular formula is C15H18N4O3. The first kappa shape index (κ1) is 14.5. The molecule has 2 aromatic rings. The van der Waals surface area contributed by atoms with Crippen LogP contribution in [0.15, 0.2) is 15.6 Å². The molecule has 1 aliphatic rings. The predicted molar refractivity (Wildman–Crippen MR) is 78.5 cm³/mol. The van der Waals surface area contributed by atoms with E-state index in [-0.39, 0.29) is 11.5 Å². The van der Waals surface area contributed by atoms with E-state index in [0.717, 1.165) is 0 Å². The second-order valence-corrected chi connectivity index (χ2v) is 5.48. The Morgan fingerprint density at radius 3 is 2.95 bits per heavy atom. The zero-order chi connectivity index (χ0) is 15.9. The summed E-state index contributed by atoms with van der Waals surface area (Å²) in [6.45, 7) is 4.54. The first-order valence-electron chi connectivity index (χ1n) is 7.30. The van der Waals surface area contributed by atoms with Crippen LogP contribution in [0.2, 0.25) is 0 Å². The number of hydrogen-bond donors (Lipinski definition) is 0. The van der Waals surface area contributed by atoms with Crippen molar-refractivity contribution in [2.75, 3.05) is 6.54 Å². The van der Waals surface area contributed by atoms with E-state index in [9.17, 15) is 9.59 Å². The molecule has 0 saturated carbocycles. The molecule has 2 aromatic heterocycles. The van der Waals surface area contributed by atoms with Gasteiger partial charge in [0.15, 0.2) is 0 Å². The number of rotatable bonds is 2. The SMILES string of the molecule is CCc1onc(C)c1C(=O)N1CCc2c(ncn(C)c2=O)C1. The van der Waals surface area contributed by atoms with E-state index in [2.05, 4.69) is 10.1 Å². The Bertz CT molecular complexity index is 791. The molecule has 22 heavy (non-hydrogen) atoms. The molecule has 0 radical (unpaired) electrons. The fourth-order valence-corrected chi connectivity index (χ4v) is 2.78. The van der Waals surface area contributed by atoms with E-state index in [1.54, 1.807) is 18.9 Å². The number of carbonyl (C=O) groups is 1. The van der Waals surface area contributed by atoms with Gasteiger partial charge in [-0.15, -0.1) is 0 Å². The molecule has 3 rings (SSSR count). The van der Waals surface area contributed by atoms with Crippen LogP contribution in [-0.4, -0.2) is 32.1 Å². The maximum atomic E-state index is 12.7. The van der Waals surface area contributed by atoms with Gasteiger partial charge in [-0.05, 0) is 13.3 Å². The first-order chi connectivity index (χ1) is 10.5. The number of amides is 1. The summed E-state index contributed by atoms with van der Waals surface area (Å²) in [6.07, 6.45) is 2.63. The van der Waals surface area contributed by atoms with Crippen molar-refractivity contribution < 1.29 is 9.32 Å². The number of fused-ring (bicyclic) bond motifs is 1. The Hall–Kier alpha value is -2.44. The molecule has 1 aliphatic heterocycles. The van der Waals surface area contributed by atoms with Crippen LogP contribution in [0, 0.1) is 6.92 Å². The van der Waals surface area contributed by atoms with Crippen molar-refractivity contribution >= 4 is 5.91 Å². The summed E-state index contributed by atoms with van der Waals surface area (Å²) >= 11 is 0. The summed E-state index contributed by atoms with van der Waals surface area (Å²) in [6, 6.07) is 0. The van der Waals surface area contributed by atoms with Crippen LogP contribution >= 0.6 is 0 Å². The summed E-state index contributed by atoms with van der Waals surface area (Å²) in [7, 11) is 1.68. The molecule has 0 N–H and O–H groups in total. The lowest BCUT2D eigenvalue weighted by Crippen LogP contribution is -2.40. The second kappa shape index (κ2) is 5.40. The fourth-order valence-electron chi connectivity index (χ4n) is 2.78. The maximum Gasteiger partial charge on any atom is 0.259 e. The van der Waals surface area contributed by atoms with E-state index in [1.807, 2.05) is 6.92 Å². The van der Waals surface area contributed by atoms with E-state index in [4.69, 9.17) is 4.52 Å². The molecule has 0 saturated heterocycles. The summed E-state index contributed by atoms with van der Waals surface area (Å²) < 4.78 is 6.66. The Labute approximate surface area is 127 Å². The van der Waals surface area contributed by atoms with Gasteiger partial charge in [0, 0.05) is 25.6 Å². The Morgan fingerprint density at radius 2 is 2.23 bits per heavy atom. The van der Waals surface area contributed by atoms with Gasteiger partial charge in [0.05, 0.1) is 24.3 Å². The Kier molecular flexibility index (Phi) is 3.56. The molecule has 7 heteroatoms. The van der Waals surface area contributed by atoms with Gasteiger partial charge >= 0.3 is 0 Å². The lowest BCUT2D eigenvalue weighted by Gasteiger charge is -2.27. The molecule has 3 heterocycles. The second-order valence-electron chi connectivity index (χ2n) is 5.48. The minimum Gasteiger partial charge on any atom is -0.360 e. The van der Waals surface area contributed by atoms with E-state index >= 15 is 0 Å². The summed E-state index contributed by atoms with van der Waals surface area (Å²) in [5.41, 5.74) is 2.48. The largest absolute Gasteiger partial charge is 0.360 e. The zero-order valence-electron chi connectivity index (χ0n) is 12.9. The molecule has 1 amide bonds. The van der Waals surface area contributed by atoms with Gasteiger partial charge in [0.25, 0.3) is 11.5 Å². The predicted octanol–water partition coefficient (Wildman–Crippen LogP) is 0.838. The number of hydrogen-bond acceptors (Lipinski definition) is 5. The van der Waals surface area contributed by atoms with Gasteiger partial charge in [0.1, 0.15) is 11.3 Å². The lowest BCUT2D eigenvalue weighted by molar-refractivity contribution is 0.0728. The summed E-state index contributed by atoms with van der Waals surface area (Å²) in [5, 5.41) is 3.88. The number of carbonyl (C=O) groups excluding carboxylic acids is 1. The summed E-state index contributed by atoms with van der Waals surface area (Å²) in [5.74, 6) is 0.494. The van der Waals surface area contributed by atoms with Crippen LogP contribution in [-0.2, 0) is 26.4 Å². The highest BCUT2D eigenvalue weighted by Crippen LogP contribution is 2.21. The lowest BCUT2D eigenvalue weighted by atomic mass is 10.0. The quantitative estimate of drug-likeness (QED) is 0.821. The van der Waals surface area contributed by atoms with E-state index in [1.165, 1.54) is 10.9 Å². The minimum atomic E-state index is -0.108. The van der Waals surface area contributed by atoms with E-state index < -0.39 is 0 Å². The van der Waals surface area contributed by atoms with Crippen LogP contribution in [0.5, 0.6) is 0 Å². The first-order valence-corrected chi connectivity index (χ1v) is 7.30. The highest BCUT2D eigenvalue weighted by molar-refractivity contribution is 5.96. The van der Waals surface area contributed by atoms with Crippen LogP contribution < -0.4 is 5.56 Å². The average molecular weight is 302 g/mol.